The molecule has 0 amide bonds. The van der Waals surface area contributed by atoms with E-state index in [4.69, 9.17) is 0 Å². The van der Waals surface area contributed by atoms with Crippen LogP contribution in [0.1, 0.15) is 0 Å². The summed E-state index contributed by atoms with van der Waals surface area (Å²) in [4.78, 5) is 0. The van der Waals surface area contributed by atoms with Gasteiger partial charge in [-0.3, -0.25) is 0 Å². The molecule has 0 N–H and O–H groups in total. The van der Waals surface area contributed by atoms with Crippen LogP contribution in [0.3, 0.4) is 0 Å². The van der Waals surface area contributed by atoms with Crippen molar-refractivity contribution in [2.75, 3.05) is 0 Å². The van der Waals surface area contributed by atoms with Crippen LogP contribution in [-0.2, 0) is 0 Å². The minimum Gasteiger partial charge on any atom is -0.193 e. The SMILES string of the molecule is Brc1cc2nnnn2c2ccccc12. The highest BCUT2D eigenvalue weighted by molar-refractivity contribution is 9.10. The highest BCUT2D eigenvalue weighted by Gasteiger charge is 2.05. The molecule has 0 aliphatic heterocycles. The smallest absolute Gasteiger partial charge is 0.181 e. The fraction of sp³-hybridized carbons (Fsp3) is 0. The van der Waals surface area contributed by atoms with Crippen molar-refractivity contribution in [3.63, 3.8) is 0 Å². The Bertz CT molecular complexity index is 616. The third kappa shape index (κ3) is 0.957. The molecule has 4 nitrogen and oxygen atoms in total. The van der Waals surface area contributed by atoms with E-state index in [1.165, 1.54) is 0 Å². The van der Waals surface area contributed by atoms with E-state index in [0.29, 0.717) is 0 Å². The molecule has 0 aliphatic carbocycles. The topological polar surface area (TPSA) is 43.1 Å². The predicted molar refractivity (Wildman–Crippen MR) is 56.0 cm³/mol. The molecular formula is C9H5BrN4. The molecule has 0 radical (unpaired) electrons. The number of pyridine rings is 1. The van der Waals surface area contributed by atoms with E-state index in [0.717, 1.165) is 21.0 Å². The fourth-order valence-corrected chi connectivity index (χ4v) is 2.05. The van der Waals surface area contributed by atoms with Crippen molar-refractivity contribution < 1.29 is 0 Å². The van der Waals surface area contributed by atoms with Gasteiger partial charge < -0.3 is 0 Å². The maximum absolute atomic E-state index is 3.92. The van der Waals surface area contributed by atoms with E-state index in [-0.39, 0.29) is 0 Å². The summed E-state index contributed by atoms with van der Waals surface area (Å²) in [6.45, 7) is 0. The van der Waals surface area contributed by atoms with Gasteiger partial charge in [-0.05, 0) is 38.5 Å². The molecule has 2 aromatic heterocycles. The summed E-state index contributed by atoms with van der Waals surface area (Å²) < 4.78 is 2.73. The number of fused-ring (bicyclic) bond motifs is 3. The van der Waals surface area contributed by atoms with Crippen LogP contribution in [0.4, 0.5) is 0 Å². The zero-order valence-electron chi connectivity index (χ0n) is 7.05. The van der Waals surface area contributed by atoms with Crippen molar-refractivity contribution in [3.05, 3.63) is 34.8 Å². The Morgan fingerprint density at radius 2 is 2.07 bits per heavy atom. The Morgan fingerprint density at radius 3 is 3.00 bits per heavy atom. The highest BCUT2D eigenvalue weighted by Crippen LogP contribution is 2.24. The molecule has 0 bridgehead atoms. The summed E-state index contributed by atoms with van der Waals surface area (Å²) in [5.74, 6) is 0. The van der Waals surface area contributed by atoms with Crippen LogP contribution in [0.2, 0.25) is 0 Å². The molecule has 0 saturated carbocycles. The van der Waals surface area contributed by atoms with Crippen LogP contribution >= 0.6 is 15.9 Å². The number of hydrogen-bond donors (Lipinski definition) is 0. The molecule has 1 aromatic carbocycles. The normalized spacial score (nSPS) is 11.2. The summed E-state index contributed by atoms with van der Waals surface area (Å²) in [7, 11) is 0. The average Bonchev–Trinajstić information content (AvgIpc) is 2.66. The summed E-state index contributed by atoms with van der Waals surface area (Å²) in [6.07, 6.45) is 0. The first kappa shape index (κ1) is 7.87. The second-order valence-corrected chi connectivity index (χ2v) is 3.81. The van der Waals surface area contributed by atoms with Crippen molar-refractivity contribution in [2.24, 2.45) is 0 Å². The first-order valence-electron chi connectivity index (χ1n) is 4.11. The van der Waals surface area contributed by atoms with Gasteiger partial charge in [-0.2, -0.15) is 4.52 Å². The van der Waals surface area contributed by atoms with Gasteiger partial charge in [0.25, 0.3) is 0 Å². The van der Waals surface area contributed by atoms with E-state index in [9.17, 15) is 0 Å². The Hall–Kier alpha value is -1.49. The van der Waals surface area contributed by atoms with Gasteiger partial charge in [0.15, 0.2) is 5.65 Å². The van der Waals surface area contributed by atoms with Crippen LogP contribution in [-0.4, -0.2) is 20.0 Å². The fourth-order valence-electron chi connectivity index (χ4n) is 1.51. The number of benzene rings is 1. The third-order valence-corrected chi connectivity index (χ3v) is 2.80. The number of tetrazole rings is 1. The molecule has 2 heterocycles. The molecule has 14 heavy (non-hydrogen) atoms. The second kappa shape index (κ2) is 2.75. The Balaban J connectivity index is 2.67. The van der Waals surface area contributed by atoms with Crippen molar-refractivity contribution >= 4 is 32.5 Å². The quantitative estimate of drug-likeness (QED) is 0.612. The van der Waals surface area contributed by atoms with E-state index < -0.39 is 0 Å². The molecule has 3 rings (SSSR count). The summed E-state index contributed by atoms with van der Waals surface area (Å²) in [6, 6.07) is 9.88. The van der Waals surface area contributed by atoms with Gasteiger partial charge in [0.1, 0.15) is 0 Å². The van der Waals surface area contributed by atoms with Gasteiger partial charge in [-0.25, -0.2) is 0 Å². The van der Waals surface area contributed by atoms with Gasteiger partial charge in [-0.1, -0.05) is 18.2 Å². The standard InChI is InChI=1S/C9H5BrN4/c10-7-5-9-11-12-13-14(9)8-4-2-1-3-6(7)8/h1-5H. The predicted octanol–water partition coefficient (Wildman–Crippen LogP) is 2.04. The second-order valence-electron chi connectivity index (χ2n) is 2.96. The molecule has 3 aromatic rings. The van der Waals surface area contributed by atoms with Crippen LogP contribution in [0.25, 0.3) is 16.6 Å². The third-order valence-electron chi connectivity index (χ3n) is 2.14. The van der Waals surface area contributed by atoms with Crippen LogP contribution in [0.5, 0.6) is 0 Å². The van der Waals surface area contributed by atoms with E-state index in [2.05, 4.69) is 31.5 Å². The molecule has 68 valence electrons. The molecule has 0 atom stereocenters. The number of halogens is 1. The minimum atomic E-state index is 0.746. The number of para-hydroxylation sites is 1. The highest BCUT2D eigenvalue weighted by atomic mass is 79.9. The Labute approximate surface area is 87.7 Å². The zero-order valence-corrected chi connectivity index (χ0v) is 8.64. The van der Waals surface area contributed by atoms with Crippen LogP contribution in [0, 0.1) is 0 Å². The van der Waals surface area contributed by atoms with E-state index >= 15 is 0 Å². The molecular weight excluding hydrogens is 244 g/mol. The molecule has 0 spiro atoms. The number of rotatable bonds is 0. The summed E-state index contributed by atoms with van der Waals surface area (Å²) >= 11 is 3.49. The lowest BCUT2D eigenvalue weighted by Crippen LogP contribution is -1.90. The van der Waals surface area contributed by atoms with Crippen molar-refractivity contribution in [2.45, 2.75) is 0 Å². The number of hydrogen-bond acceptors (Lipinski definition) is 3. The van der Waals surface area contributed by atoms with Crippen molar-refractivity contribution in [1.29, 1.82) is 0 Å². The average molecular weight is 249 g/mol. The van der Waals surface area contributed by atoms with E-state index in [1.54, 1.807) is 4.52 Å². The maximum Gasteiger partial charge on any atom is 0.181 e. The van der Waals surface area contributed by atoms with Crippen LogP contribution < -0.4 is 0 Å². The van der Waals surface area contributed by atoms with Crippen molar-refractivity contribution in [3.8, 4) is 0 Å². The van der Waals surface area contributed by atoms with Gasteiger partial charge in [0, 0.05) is 9.86 Å². The van der Waals surface area contributed by atoms with Crippen LogP contribution in [0.15, 0.2) is 34.8 Å². The molecule has 0 aliphatic rings. The largest absolute Gasteiger partial charge is 0.193 e. The van der Waals surface area contributed by atoms with Gasteiger partial charge in [-0.15, -0.1) is 5.10 Å². The van der Waals surface area contributed by atoms with Gasteiger partial charge in [0.2, 0.25) is 0 Å². The lowest BCUT2D eigenvalue weighted by molar-refractivity contribution is 0.841. The first-order valence-corrected chi connectivity index (χ1v) is 4.91. The maximum atomic E-state index is 3.92. The van der Waals surface area contributed by atoms with Gasteiger partial charge in [0.05, 0.1) is 5.52 Å². The zero-order chi connectivity index (χ0) is 9.54. The summed E-state index contributed by atoms with van der Waals surface area (Å²) in [5.41, 5.74) is 1.75. The number of nitrogens with zero attached hydrogens (tertiary/aromatic N) is 4. The molecule has 0 unspecified atom stereocenters. The first-order chi connectivity index (χ1) is 6.86. The molecule has 0 saturated heterocycles. The molecule has 0 fully saturated rings. The van der Waals surface area contributed by atoms with Gasteiger partial charge >= 0.3 is 0 Å². The lowest BCUT2D eigenvalue weighted by atomic mass is 10.2. The Morgan fingerprint density at radius 1 is 1.21 bits per heavy atom. The molecule has 5 heteroatoms. The minimum absolute atomic E-state index is 0.746. The Kier molecular flexibility index (Phi) is 1.55. The number of aromatic nitrogens is 4. The van der Waals surface area contributed by atoms with Crippen molar-refractivity contribution in [1.82, 2.24) is 20.0 Å². The van der Waals surface area contributed by atoms with E-state index in [1.807, 2.05) is 30.3 Å². The lowest BCUT2D eigenvalue weighted by Gasteiger charge is -2.00. The summed E-state index contributed by atoms with van der Waals surface area (Å²) in [5, 5.41) is 12.6. The monoisotopic (exact) mass is 248 g/mol.